The first-order valence-electron chi connectivity index (χ1n) is 8.03. The highest BCUT2D eigenvalue weighted by Gasteiger charge is 2.20. The van der Waals surface area contributed by atoms with Gasteiger partial charge in [-0.2, -0.15) is 0 Å². The van der Waals surface area contributed by atoms with Crippen LogP contribution in [0.15, 0.2) is 35.5 Å². The number of esters is 1. The van der Waals surface area contributed by atoms with E-state index in [2.05, 4.69) is 9.97 Å². The Morgan fingerprint density at radius 1 is 1.27 bits per heavy atom. The van der Waals surface area contributed by atoms with Crippen LogP contribution in [0, 0.1) is 13.8 Å². The summed E-state index contributed by atoms with van der Waals surface area (Å²) in [5.74, 6) is 0.646. The minimum Gasteiger partial charge on any atom is -0.610 e. The van der Waals surface area contributed by atoms with Crippen molar-refractivity contribution >= 4 is 28.0 Å². The molecular weight excluding hydrogens is 352 g/mol. The average molecular weight is 372 g/mol. The van der Waals surface area contributed by atoms with Gasteiger partial charge in [0.05, 0.1) is 25.5 Å². The summed E-state index contributed by atoms with van der Waals surface area (Å²) in [7, 11) is 2.96. The average Bonchev–Trinajstić information content (AvgIpc) is 3.07. The number of rotatable bonds is 5. The Morgan fingerprint density at radius 3 is 2.73 bits per heavy atom. The van der Waals surface area contributed by atoms with Gasteiger partial charge in [0.1, 0.15) is 5.75 Å². The molecule has 0 aliphatic heterocycles. The normalized spacial score (nSPS) is 12.2. The SMILES string of the molecule is COC(=O)c1ccc2[nH]c([S+]([O-])Cc3ncc(C)c(OC)c3C)cc2c1. The van der Waals surface area contributed by atoms with Crippen molar-refractivity contribution in [2.24, 2.45) is 0 Å². The summed E-state index contributed by atoms with van der Waals surface area (Å²) in [4.78, 5) is 19.2. The molecule has 1 N–H and O–H groups in total. The monoisotopic (exact) mass is 372 g/mol. The summed E-state index contributed by atoms with van der Waals surface area (Å²) in [6, 6.07) is 6.96. The molecule has 1 unspecified atom stereocenters. The topological polar surface area (TPSA) is 87.3 Å². The quantitative estimate of drug-likeness (QED) is 0.548. The van der Waals surface area contributed by atoms with E-state index >= 15 is 0 Å². The van der Waals surface area contributed by atoms with Crippen molar-refractivity contribution in [3.63, 3.8) is 0 Å². The van der Waals surface area contributed by atoms with Crippen molar-refractivity contribution in [1.82, 2.24) is 9.97 Å². The number of benzene rings is 1. The van der Waals surface area contributed by atoms with Gasteiger partial charge in [0.15, 0.2) is 5.75 Å². The smallest absolute Gasteiger partial charge is 0.337 e. The van der Waals surface area contributed by atoms with Gasteiger partial charge in [-0.1, -0.05) is 0 Å². The molecule has 7 heteroatoms. The van der Waals surface area contributed by atoms with Crippen LogP contribution < -0.4 is 4.74 Å². The fraction of sp³-hybridized carbons (Fsp3) is 0.263. The molecule has 0 amide bonds. The number of nitrogens with zero attached hydrogens (tertiary/aromatic N) is 1. The Kier molecular flexibility index (Phi) is 5.20. The van der Waals surface area contributed by atoms with Crippen LogP contribution in [0.1, 0.15) is 27.2 Å². The number of carbonyl (C=O) groups excluding carboxylic acids is 1. The number of aromatic nitrogens is 2. The Labute approximate surface area is 154 Å². The van der Waals surface area contributed by atoms with E-state index in [4.69, 9.17) is 9.47 Å². The highest BCUT2D eigenvalue weighted by atomic mass is 32.2. The lowest BCUT2D eigenvalue weighted by molar-refractivity contribution is 0.0601. The molecule has 0 saturated heterocycles. The van der Waals surface area contributed by atoms with Crippen molar-refractivity contribution in [3.05, 3.63) is 52.8 Å². The van der Waals surface area contributed by atoms with Crippen LogP contribution in [-0.2, 0) is 21.7 Å². The van der Waals surface area contributed by atoms with Crippen LogP contribution in [0.25, 0.3) is 10.9 Å². The number of aryl methyl sites for hydroxylation is 1. The molecule has 3 aromatic rings. The van der Waals surface area contributed by atoms with Gasteiger partial charge < -0.3 is 19.0 Å². The van der Waals surface area contributed by atoms with E-state index in [9.17, 15) is 9.35 Å². The zero-order valence-corrected chi connectivity index (χ0v) is 15.9. The maximum atomic E-state index is 12.8. The molecule has 2 aromatic heterocycles. The molecule has 1 atom stereocenters. The van der Waals surface area contributed by atoms with E-state index in [1.165, 1.54) is 7.11 Å². The van der Waals surface area contributed by atoms with Crippen molar-refractivity contribution in [2.75, 3.05) is 14.2 Å². The summed E-state index contributed by atoms with van der Waals surface area (Å²) in [5.41, 5.74) is 3.84. The molecule has 0 saturated carbocycles. The number of hydrogen-bond acceptors (Lipinski definition) is 5. The minimum atomic E-state index is -1.30. The van der Waals surface area contributed by atoms with Gasteiger partial charge in [-0.25, -0.2) is 4.79 Å². The first kappa shape index (κ1) is 18.3. The summed E-state index contributed by atoms with van der Waals surface area (Å²) >= 11 is -1.30. The number of ether oxygens (including phenoxy) is 2. The summed E-state index contributed by atoms with van der Waals surface area (Å²) in [5, 5.41) is 1.39. The van der Waals surface area contributed by atoms with E-state index < -0.39 is 17.1 Å². The van der Waals surface area contributed by atoms with Crippen LogP contribution >= 0.6 is 0 Å². The molecule has 1 aromatic carbocycles. The van der Waals surface area contributed by atoms with Crippen LogP contribution in [-0.4, -0.2) is 34.7 Å². The summed E-state index contributed by atoms with van der Waals surface area (Å²) < 4.78 is 22.9. The lowest BCUT2D eigenvalue weighted by atomic mass is 10.1. The van der Waals surface area contributed by atoms with E-state index in [0.717, 1.165) is 33.5 Å². The number of pyridine rings is 1. The Hall–Kier alpha value is -2.51. The fourth-order valence-corrected chi connectivity index (χ4v) is 4.07. The highest BCUT2D eigenvalue weighted by molar-refractivity contribution is 7.90. The van der Waals surface area contributed by atoms with E-state index in [1.807, 2.05) is 13.8 Å². The molecule has 0 spiro atoms. The van der Waals surface area contributed by atoms with Gasteiger partial charge in [0, 0.05) is 45.5 Å². The van der Waals surface area contributed by atoms with Gasteiger partial charge >= 0.3 is 5.97 Å². The molecular formula is C19H20N2O4S. The van der Waals surface area contributed by atoms with Crippen molar-refractivity contribution in [3.8, 4) is 5.75 Å². The molecule has 2 heterocycles. The molecule has 0 bridgehead atoms. The van der Waals surface area contributed by atoms with Crippen LogP contribution in [0.5, 0.6) is 5.75 Å². The first-order chi connectivity index (χ1) is 12.4. The number of nitrogens with one attached hydrogen (secondary N) is 1. The fourth-order valence-electron chi connectivity index (χ4n) is 2.89. The number of carbonyl (C=O) groups is 1. The standard InChI is InChI=1S/C19H20N2O4S/c1-11-9-20-16(12(2)18(11)24-3)10-26(23)17-8-14-7-13(19(22)25-4)5-6-15(14)21-17/h5-9,21H,10H2,1-4H3. The minimum absolute atomic E-state index is 0.277. The van der Waals surface area contributed by atoms with Gasteiger partial charge in [0.25, 0.3) is 0 Å². The number of methoxy groups -OCH3 is 2. The molecule has 3 rings (SSSR count). The number of hydrogen-bond donors (Lipinski definition) is 1. The van der Waals surface area contributed by atoms with E-state index in [1.54, 1.807) is 37.6 Å². The summed E-state index contributed by atoms with van der Waals surface area (Å²) in [6.45, 7) is 3.84. The Balaban J connectivity index is 1.88. The molecule has 6 nitrogen and oxygen atoms in total. The van der Waals surface area contributed by atoms with E-state index in [0.29, 0.717) is 10.6 Å². The third-order valence-corrected chi connectivity index (χ3v) is 5.53. The number of aromatic amines is 1. The third kappa shape index (κ3) is 3.40. The molecule has 26 heavy (non-hydrogen) atoms. The third-order valence-electron chi connectivity index (χ3n) is 4.28. The predicted octanol–water partition coefficient (Wildman–Crippen LogP) is 3.28. The highest BCUT2D eigenvalue weighted by Crippen LogP contribution is 2.28. The molecule has 0 aliphatic rings. The Bertz CT molecular complexity index is 968. The van der Waals surface area contributed by atoms with Gasteiger partial charge in [-0.15, -0.1) is 0 Å². The second kappa shape index (κ2) is 7.39. The molecule has 0 radical (unpaired) electrons. The second-order valence-corrected chi connectivity index (χ2v) is 7.38. The maximum Gasteiger partial charge on any atom is 0.337 e. The van der Waals surface area contributed by atoms with Crippen molar-refractivity contribution in [2.45, 2.75) is 24.6 Å². The van der Waals surface area contributed by atoms with Crippen molar-refractivity contribution < 1.29 is 18.8 Å². The van der Waals surface area contributed by atoms with Crippen LogP contribution in [0.4, 0.5) is 0 Å². The van der Waals surface area contributed by atoms with Gasteiger partial charge in [-0.3, -0.25) is 4.98 Å². The van der Waals surface area contributed by atoms with Crippen molar-refractivity contribution in [1.29, 1.82) is 0 Å². The zero-order valence-electron chi connectivity index (χ0n) is 15.1. The van der Waals surface area contributed by atoms with Crippen LogP contribution in [0.3, 0.4) is 0 Å². The summed E-state index contributed by atoms with van der Waals surface area (Å²) in [6.07, 6.45) is 1.73. The van der Waals surface area contributed by atoms with Gasteiger partial charge in [-0.05, 0) is 32.0 Å². The second-order valence-electron chi connectivity index (χ2n) is 5.96. The molecule has 0 aliphatic carbocycles. The largest absolute Gasteiger partial charge is 0.610 e. The first-order valence-corrected chi connectivity index (χ1v) is 9.35. The molecule has 0 fully saturated rings. The zero-order chi connectivity index (χ0) is 18.8. The maximum absolute atomic E-state index is 12.8. The predicted molar refractivity (Wildman–Crippen MR) is 100 cm³/mol. The number of fused-ring (bicyclic) bond motifs is 1. The lowest BCUT2D eigenvalue weighted by Gasteiger charge is -2.13. The molecule has 136 valence electrons. The Morgan fingerprint density at radius 2 is 2.04 bits per heavy atom. The number of H-pyrrole nitrogens is 1. The van der Waals surface area contributed by atoms with Gasteiger partial charge in [0.2, 0.25) is 5.03 Å². The van der Waals surface area contributed by atoms with Crippen LogP contribution in [0.2, 0.25) is 0 Å². The van der Waals surface area contributed by atoms with E-state index in [-0.39, 0.29) is 5.75 Å². The lowest BCUT2D eigenvalue weighted by Crippen LogP contribution is -2.09.